The minimum absolute atomic E-state index is 0.246. The van der Waals surface area contributed by atoms with Crippen LogP contribution in [0.3, 0.4) is 0 Å². The van der Waals surface area contributed by atoms with Crippen LogP contribution in [-0.4, -0.2) is 39.9 Å². The van der Waals surface area contributed by atoms with Crippen LogP contribution in [0.4, 0.5) is 5.69 Å². The van der Waals surface area contributed by atoms with Gasteiger partial charge in [-0.1, -0.05) is 0 Å². The van der Waals surface area contributed by atoms with Gasteiger partial charge in [-0.15, -0.1) is 11.3 Å². The number of ether oxygens (including phenoxy) is 1. The van der Waals surface area contributed by atoms with E-state index < -0.39 is 16.2 Å². The molecule has 0 unspecified atom stereocenters. The second-order valence-electron chi connectivity index (χ2n) is 3.50. The predicted molar refractivity (Wildman–Crippen MR) is 66.6 cm³/mol. The SMILES string of the molecule is COC(=O)c1scc(C)c1NS(=O)(=O)N(C)C. The molecule has 1 rings (SSSR count). The Labute approximate surface area is 104 Å². The van der Waals surface area contributed by atoms with Crippen molar-refractivity contribution in [2.75, 3.05) is 25.9 Å². The van der Waals surface area contributed by atoms with Crippen molar-refractivity contribution in [2.45, 2.75) is 6.92 Å². The molecular formula is C9H14N2O4S2. The molecule has 6 nitrogen and oxygen atoms in total. The molecule has 0 fully saturated rings. The maximum absolute atomic E-state index is 11.7. The van der Waals surface area contributed by atoms with Crippen LogP contribution in [0.2, 0.25) is 0 Å². The summed E-state index contributed by atoms with van der Waals surface area (Å²) in [5.74, 6) is -0.556. The molecule has 8 heteroatoms. The Morgan fingerprint density at radius 1 is 1.47 bits per heavy atom. The van der Waals surface area contributed by atoms with Crippen LogP contribution in [0.25, 0.3) is 0 Å². The number of anilines is 1. The molecule has 0 saturated heterocycles. The zero-order chi connectivity index (χ0) is 13.2. The average Bonchev–Trinajstić information content (AvgIpc) is 2.59. The van der Waals surface area contributed by atoms with Gasteiger partial charge in [0.15, 0.2) is 0 Å². The summed E-state index contributed by atoms with van der Waals surface area (Å²) in [5.41, 5.74) is 0.955. The number of nitrogens with one attached hydrogen (secondary N) is 1. The fraction of sp³-hybridized carbons (Fsp3) is 0.444. The van der Waals surface area contributed by atoms with Gasteiger partial charge in [-0.2, -0.15) is 12.7 Å². The molecule has 17 heavy (non-hydrogen) atoms. The molecule has 1 N–H and O–H groups in total. The summed E-state index contributed by atoms with van der Waals surface area (Å²) in [7, 11) is 0.435. The first kappa shape index (κ1) is 13.9. The number of hydrogen-bond acceptors (Lipinski definition) is 5. The van der Waals surface area contributed by atoms with E-state index in [0.29, 0.717) is 5.56 Å². The highest BCUT2D eigenvalue weighted by atomic mass is 32.2. The lowest BCUT2D eigenvalue weighted by Crippen LogP contribution is -2.29. The standard InChI is InChI=1S/C9H14N2O4S2/c1-6-5-16-8(9(12)15-4)7(6)10-17(13,14)11(2)3/h5,10H,1-4H3. The first-order chi connectivity index (χ1) is 7.79. The third kappa shape index (κ3) is 2.96. The third-order valence-corrected chi connectivity index (χ3v) is 4.56. The molecule has 96 valence electrons. The maximum Gasteiger partial charge on any atom is 0.350 e. The summed E-state index contributed by atoms with van der Waals surface area (Å²) < 4.78 is 31.3. The Morgan fingerprint density at radius 3 is 2.53 bits per heavy atom. The first-order valence-electron chi connectivity index (χ1n) is 4.66. The number of thiophene rings is 1. The molecule has 1 heterocycles. The Bertz CT molecular complexity index is 519. The number of esters is 1. The second-order valence-corrected chi connectivity index (χ2v) is 6.27. The van der Waals surface area contributed by atoms with E-state index in [1.54, 1.807) is 12.3 Å². The van der Waals surface area contributed by atoms with Crippen molar-refractivity contribution >= 4 is 33.2 Å². The van der Waals surface area contributed by atoms with Gasteiger partial charge in [-0.25, -0.2) is 4.79 Å². The van der Waals surface area contributed by atoms with Gasteiger partial charge in [0.25, 0.3) is 0 Å². The van der Waals surface area contributed by atoms with Crippen LogP contribution >= 0.6 is 11.3 Å². The highest BCUT2D eigenvalue weighted by molar-refractivity contribution is 7.90. The number of methoxy groups -OCH3 is 1. The summed E-state index contributed by atoms with van der Waals surface area (Å²) in [6.45, 7) is 1.72. The first-order valence-corrected chi connectivity index (χ1v) is 6.98. The topological polar surface area (TPSA) is 75.7 Å². The number of carbonyl (C=O) groups excluding carboxylic acids is 1. The summed E-state index contributed by atoms with van der Waals surface area (Å²) >= 11 is 1.14. The van der Waals surface area contributed by atoms with Crippen molar-refractivity contribution in [3.63, 3.8) is 0 Å². The number of nitrogens with zero attached hydrogens (tertiary/aromatic N) is 1. The van der Waals surface area contributed by atoms with Crippen molar-refractivity contribution < 1.29 is 17.9 Å². The van der Waals surface area contributed by atoms with Crippen LogP contribution in [-0.2, 0) is 14.9 Å². The van der Waals surface area contributed by atoms with Gasteiger partial charge in [-0.05, 0) is 17.9 Å². The van der Waals surface area contributed by atoms with Crippen LogP contribution < -0.4 is 4.72 Å². The van der Waals surface area contributed by atoms with Crippen molar-refractivity contribution in [3.8, 4) is 0 Å². The van der Waals surface area contributed by atoms with Crippen LogP contribution in [0.5, 0.6) is 0 Å². The van der Waals surface area contributed by atoms with Crippen molar-refractivity contribution in [2.24, 2.45) is 0 Å². The molecule has 1 aromatic heterocycles. The van der Waals surface area contributed by atoms with E-state index in [4.69, 9.17) is 0 Å². The minimum Gasteiger partial charge on any atom is -0.465 e. The van der Waals surface area contributed by atoms with Gasteiger partial charge < -0.3 is 4.74 Å². The Morgan fingerprint density at radius 2 is 2.06 bits per heavy atom. The Kier molecular flexibility index (Phi) is 4.12. The maximum atomic E-state index is 11.7. The number of aryl methyl sites for hydroxylation is 1. The number of carbonyl (C=O) groups is 1. The normalized spacial score (nSPS) is 11.6. The largest absolute Gasteiger partial charge is 0.465 e. The molecule has 1 aromatic rings. The van der Waals surface area contributed by atoms with Crippen LogP contribution in [0.1, 0.15) is 15.2 Å². The average molecular weight is 278 g/mol. The molecule has 0 aliphatic rings. The van der Waals surface area contributed by atoms with E-state index in [0.717, 1.165) is 15.6 Å². The summed E-state index contributed by atoms with van der Waals surface area (Å²) in [4.78, 5) is 11.7. The lowest BCUT2D eigenvalue weighted by Gasteiger charge is -2.14. The van der Waals surface area contributed by atoms with Crippen molar-refractivity contribution in [3.05, 3.63) is 15.8 Å². The van der Waals surface area contributed by atoms with Gasteiger partial charge in [0.2, 0.25) is 0 Å². The minimum atomic E-state index is -3.63. The molecule has 0 spiro atoms. The number of rotatable bonds is 4. The van der Waals surface area contributed by atoms with Crippen molar-refractivity contribution in [1.29, 1.82) is 0 Å². The fourth-order valence-corrected chi connectivity index (χ4v) is 2.72. The fourth-order valence-electron chi connectivity index (χ4n) is 1.03. The molecule has 0 bridgehead atoms. The van der Waals surface area contributed by atoms with E-state index in [2.05, 4.69) is 9.46 Å². The molecular weight excluding hydrogens is 264 g/mol. The second kappa shape index (κ2) is 5.03. The molecule has 0 radical (unpaired) electrons. The highest BCUT2D eigenvalue weighted by Crippen LogP contribution is 2.29. The Balaban J connectivity index is 3.15. The lowest BCUT2D eigenvalue weighted by molar-refractivity contribution is 0.0607. The molecule has 0 amide bonds. The molecule has 0 aliphatic heterocycles. The predicted octanol–water partition coefficient (Wildman–Crippen LogP) is 1.06. The van der Waals surface area contributed by atoms with Gasteiger partial charge in [-0.3, -0.25) is 4.72 Å². The highest BCUT2D eigenvalue weighted by Gasteiger charge is 2.22. The third-order valence-electron chi connectivity index (χ3n) is 2.06. The molecule has 0 atom stereocenters. The van der Waals surface area contributed by atoms with Crippen molar-refractivity contribution in [1.82, 2.24) is 4.31 Å². The smallest absolute Gasteiger partial charge is 0.350 e. The van der Waals surface area contributed by atoms with E-state index in [-0.39, 0.29) is 10.6 Å². The quantitative estimate of drug-likeness (QED) is 0.836. The number of hydrogen-bond donors (Lipinski definition) is 1. The van der Waals surface area contributed by atoms with E-state index in [1.165, 1.54) is 21.2 Å². The van der Waals surface area contributed by atoms with Gasteiger partial charge >= 0.3 is 16.2 Å². The van der Waals surface area contributed by atoms with E-state index in [1.807, 2.05) is 0 Å². The van der Waals surface area contributed by atoms with Crippen LogP contribution in [0.15, 0.2) is 5.38 Å². The van der Waals surface area contributed by atoms with Gasteiger partial charge in [0.1, 0.15) is 4.88 Å². The Hall–Kier alpha value is -1.12. The van der Waals surface area contributed by atoms with Gasteiger partial charge in [0, 0.05) is 14.1 Å². The van der Waals surface area contributed by atoms with E-state index in [9.17, 15) is 13.2 Å². The summed E-state index contributed by atoms with van der Waals surface area (Å²) in [6.07, 6.45) is 0. The zero-order valence-electron chi connectivity index (χ0n) is 9.97. The van der Waals surface area contributed by atoms with Gasteiger partial charge in [0.05, 0.1) is 12.8 Å². The van der Waals surface area contributed by atoms with Crippen LogP contribution in [0, 0.1) is 6.92 Å². The zero-order valence-corrected chi connectivity index (χ0v) is 11.6. The van der Waals surface area contributed by atoms with E-state index >= 15 is 0 Å². The lowest BCUT2D eigenvalue weighted by atomic mass is 10.3. The monoisotopic (exact) mass is 278 g/mol. The molecule has 0 saturated carbocycles. The summed E-state index contributed by atoms with van der Waals surface area (Å²) in [5, 5.41) is 1.69. The summed E-state index contributed by atoms with van der Waals surface area (Å²) in [6, 6.07) is 0. The molecule has 0 aliphatic carbocycles. The molecule has 0 aromatic carbocycles.